The first-order chi connectivity index (χ1) is 3.80. The first-order valence-corrected chi connectivity index (χ1v) is 2.74. The zero-order valence-corrected chi connectivity index (χ0v) is 5.31. The van der Waals surface area contributed by atoms with E-state index in [9.17, 15) is 0 Å². The van der Waals surface area contributed by atoms with Crippen molar-refractivity contribution in [2.45, 2.75) is 6.92 Å². The maximum Gasteiger partial charge on any atom is 0.0465 e. The largest absolute Gasteiger partial charge is 0.264 e. The van der Waals surface area contributed by atoms with Crippen molar-refractivity contribution in [1.29, 1.82) is 0 Å². The molecule has 1 heterocycles. The molecule has 1 aromatic heterocycles. The van der Waals surface area contributed by atoms with Gasteiger partial charge in [0.05, 0.1) is 0 Å². The molecule has 1 aromatic rings. The molecule has 8 heavy (non-hydrogen) atoms. The standard InChI is InChI=1S/C6H6ClN/c1-5-4-8-3-2-6(5)7/h2-4H,1H3. The zero-order valence-electron chi connectivity index (χ0n) is 4.56. The molecule has 2 heteroatoms. The van der Waals surface area contributed by atoms with Gasteiger partial charge in [-0.25, -0.2) is 0 Å². The Kier molecular flexibility index (Phi) is 1.49. The Morgan fingerprint density at radius 3 is 2.75 bits per heavy atom. The molecule has 0 aliphatic carbocycles. The highest BCUT2D eigenvalue weighted by Crippen LogP contribution is 2.10. The van der Waals surface area contributed by atoms with Crippen molar-refractivity contribution in [2.75, 3.05) is 0 Å². The fraction of sp³-hybridized carbons (Fsp3) is 0.167. The number of aromatic nitrogens is 1. The minimum Gasteiger partial charge on any atom is -0.264 e. The average Bonchev–Trinajstić information content (AvgIpc) is 1.77. The van der Waals surface area contributed by atoms with E-state index in [2.05, 4.69) is 4.98 Å². The summed E-state index contributed by atoms with van der Waals surface area (Å²) in [6.07, 6.45) is 3.41. The van der Waals surface area contributed by atoms with Gasteiger partial charge in [-0.15, -0.1) is 0 Å². The van der Waals surface area contributed by atoms with Crippen molar-refractivity contribution >= 4 is 11.6 Å². The van der Waals surface area contributed by atoms with Crippen LogP contribution in [0.1, 0.15) is 5.56 Å². The second kappa shape index (κ2) is 2.14. The number of nitrogens with zero attached hydrogens (tertiary/aromatic N) is 1. The number of halogens is 1. The molecule has 0 saturated carbocycles. The Morgan fingerprint density at radius 1 is 1.62 bits per heavy atom. The fourth-order valence-corrected chi connectivity index (χ4v) is 0.562. The van der Waals surface area contributed by atoms with Gasteiger partial charge in [-0.05, 0) is 18.6 Å². The molecular formula is C6H6ClN. The van der Waals surface area contributed by atoms with E-state index in [-0.39, 0.29) is 0 Å². The molecule has 1 nitrogen and oxygen atoms in total. The summed E-state index contributed by atoms with van der Waals surface area (Å²) in [5.74, 6) is 0. The molecule has 1 rings (SSSR count). The molecule has 0 N–H and O–H groups in total. The van der Waals surface area contributed by atoms with Gasteiger partial charge in [-0.2, -0.15) is 0 Å². The van der Waals surface area contributed by atoms with Crippen LogP contribution in [0.3, 0.4) is 0 Å². The van der Waals surface area contributed by atoms with Crippen LogP contribution >= 0.6 is 11.6 Å². The van der Waals surface area contributed by atoms with Gasteiger partial charge in [0.25, 0.3) is 0 Å². The molecule has 0 aliphatic heterocycles. The summed E-state index contributed by atoms with van der Waals surface area (Å²) >= 11 is 5.67. The van der Waals surface area contributed by atoms with Gasteiger partial charge in [0.1, 0.15) is 0 Å². The Bertz CT molecular complexity index is 165. The van der Waals surface area contributed by atoms with Crippen LogP contribution in [0.4, 0.5) is 0 Å². The van der Waals surface area contributed by atoms with Crippen molar-refractivity contribution in [2.24, 2.45) is 0 Å². The molecule has 0 saturated heterocycles. The molecule has 42 valence electrons. The van der Waals surface area contributed by atoms with Crippen molar-refractivity contribution in [3.8, 4) is 0 Å². The van der Waals surface area contributed by atoms with E-state index in [4.69, 9.17) is 11.6 Å². The number of rotatable bonds is 0. The van der Waals surface area contributed by atoms with E-state index in [1.54, 1.807) is 18.5 Å². The maximum absolute atomic E-state index is 5.67. The second-order valence-corrected chi connectivity index (χ2v) is 2.03. The quantitative estimate of drug-likeness (QED) is 0.520. The van der Waals surface area contributed by atoms with E-state index in [1.807, 2.05) is 6.92 Å². The Morgan fingerprint density at radius 2 is 2.38 bits per heavy atom. The van der Waals surface area contributed by atoms with Crippen LogP contribution < -0.4 is 0 Å². The van der Waals surface area contributed by atoms with Crippen molar-refractivity contribution in [3.05, 3.63) is 29.0 Å². The smallest absolute Gasteiger partial charge is 0.0465 e. The predicted molar refractivity (Wildman–Crippen MR) is 34.0 cm³/mol. The monoisotopic (exact) mass is 127 g/mol. The first kappa shape index (κ1) is 5.57. The van der Waals surface area contributed by atoms with Crippen molar-refractivity contribution in [3.63, 3.8) is 0 Å². The van der Waals surface area contributed by atoms with Gasteiger partial charge in [-0.1, -0.05) is 11.6 Å². The number of hydrogen-bond donors (Lipinski definition) is 0. The summed E-state index contributed by atoms with van der Waals surface area (Å²) < 4.78 is 0. The average molecular weight is 128 g/mol. The SMILES string of the molecule is Cc1cnccc1Cl. The van der Waals surface area contributed by atoms with Gasteiger partial charge in [-0.3, -0.25) is 4.98 Å². The maximum atomic E-state index is 5.67. The third kappa shape index (κ3) is 0.984. The molecule has 0 aliphatic rings. The van der Waals surface area contributed by atoms with Crippen LogP contribution in [0.5, 0.6) is 0 Å². The lowest BCUT2D eigenvalue weighted by atomic mass is 10.3. The fourth-order valence-electron chi connectivity index (χ4n) is 0.456. The van der Waals surface area contributed by atoms with Crippen LogP contribution in [-0.4, -0.2) is 4.98 Å². The number of hydrogen-bond acceptors (Lipinski definition) is 1. The topological polar surface area (TPSA) is 12.9 Å². The highest BCUT2D eigenvalue weighted by molar-refractivity contribution is 6.31. The summed E-state index contributed by atoms with van der Waals surface area (Å²) in [7, 11) is 0. The second-order valence-electron chi connectivity index (χ2n) is 1.62. The van der Waals surface area contributed by atoms with Crippen LogP contribution in [-0.2, 0) is 0 Å². The number of aryl methyl sites for hydroxylation is 1. The highest BCUT2D eigenvalue weighted by atomic mass is 35.5. The molecular weight excluding hydrogens is 122 g/mol. The van der Waals surface area contributed by atoms with Gasteiger partial charge < -0.3 is 0 Å². The van der Waals surface area contributed by atoms with Crippen LogP contribution in [0.15, 0.2) is 18.5 Å². The van der Waals surface area contributed by atoms with E-state index < -0.39 is 0 Å². The molecule has 0 spiro atoms. The Balaban J connectivity index is 3.13. The minimum absolute atomic E-state index is 0.778. The van der Waals surface area contributed by atoms with Crippen molar-refractivity contribution < 1.29 is 0 Å². The Hall–Kier alpha value is -0.560. The summed E-state index contributed by atoms with van der Waals surface area (Å²) in [5.41, 5.74) is 1.02. The van der Waals surface area contributed by atoms with Crippen molar-refractivity contribution in [1.82, 2.24) is 4.98 Å². The summed E-state index contributed by atoms with van der Waals surface area (Å²) in [6, 6.07) is 1.77. The molecule has 0 aromatic carbocycles. The van der Waals surface area contributed by atoms with Gasteiger partial charge in [0.15, 0.2) is 0 Å². The molecule has 0 atom stereocenters. The van der Waals surface area contributed by atoms with Crippen LogP contribution in [0.2, 0.25) is 5.02 Å². The summed E-state index contributed by atoms with van der Waals surface area (Å²) in [5, 5.41) is 0.778. The minimum atomic E-state index is 0.778. The molecule has 0 unspecified atom stereocenters. The van der Waals surface area contributed by atoms with Gasteiger partial charge in [0.2, 0.25) is 0 Å². The van der Waals surface area contributed by atoms with E-state index >= 15 is 0 Å². The summed E-state index contributed by atoms with van der Waals surface area (Å²) in [6.45, 7) is 1.93. The normalized spacial score (nSPS) is 9.25. The lowest BCUT2D eigenvalue weighted by Crippen LogP contribution is -1.74. The third-order valence-electron chi connectivity index (χ3n) is 0.952. The van der Waals surface area contributed by atoms with Gasteiger partial charge in [0, 0.05) is 17.4 Å². The predicted octanol–water partition coefficient (Wildman–Crippen LogP) is 2.04. The highest BCUT2D eigenvalue weighted by Gasteiger charge is 1.87. The molecule has 0 radical (unpaired) electrons. The number of pyridine rings is 1. The zero-order chi connectivity index (χ0) is 5.98. The Labute approximate surface area is 53.3 Å². The van der Waals surface area contributed by atoms with Crippen LogP contribution in [0, 0.1) is 6.92 Å². The van der Waals surface area contributed by atoms with Crippen LogP contribution in [0.25, 0.3) is 0 Å². The van der Waals surface area contributed by atoms with Gasteiger partial charge >= 0.3 is 0 Å². The molecule has 0 bridgehead atoms. The third-order valence-corrected chi connectivity index (χ3v) is 1.38. The summed E-state index contributed by atoms with van der Waals surface area (Å²) in [4.78, 5) is 3.86. The first-order valence-electron chi connectivity index (χ1n) is 2.37. The van der Waals surface area contributed by atoms with E-state index in [1.165, 1.54) is 0 Å². The van der Waals surface area contributed by atoms with E-state index in [0.717, 1.165) is 10.6 Å². The van der Waals surface area contributed by atoms with E-state index in [0.29, 0.717) is 0 Å². The lowest BCUT2D eigenvalue weighted by molar-refractivity contribution is 1.27. The lowest BCUT2D eigenvalue weighted by Gasteiger charge is -1.90. The molecule has 0 amide bonds. The molecule has 0 fully saturated rings.